The van der Waals surface area contributed by atoms with Crippen LogP contribution in [0.4, 0.5) is 26.3 Å². The summed E-state index contributed by atoms with van der Waals surface area (Å²) < 4.78 is 87.7. The number of hydrogen-bond acceptors (Lipinski definition) is 3. The van der Waals surface area contributed by atoms with Crippen molar-refractivity contribution in [1.29, 1.82) is 0 Å². The summed E-state index contributed by atoms with van der Waals surface area (Å²) in [5.74, 6) is 1.00. The van der Waals surface area contributed by atoms with Gasteiger partial charge in [0.25, 0.3) is 0 Å². The lowest BCUT2D eigenvalue weighted by Gasteiger charge is -2.22. The van der Waals surface area contributed by atoms with Gasteiger partial charge in [-0.2, -0.15) is 26.3 Å². The molecule has 0 fully saturated rings. The minimum absolute atomic E-state index is 0.249. The average Bonchev–Trinajstić information content (AvgIpc) is 3.71. The number of aromatic nitrogens is 4. The molecule has 346 valence electrons. The van der Waals surface area contributed by atoms with Crippen molar-refractivity contribution in [3.63, 3.8) is 0 Å². The van der Waals surface area contributed by atoms with Crippen LogP contribution in [0, 0.1) is 13.8 Å². The molecule has 0 atom stereocenters. The van der Waals surface area contributed by atoms with Crippen LogP contribution in [0.15, 0.2) is 206 Å². The highest BCUT2D eigenvalue weighted by molar-refractivity contribution is 6.13. The monoisotopic (exact) mass is 942 g/mol. The fourth-order valence-electron chi connectivity index (χ4n) is 9.45. The lowest BCUT2D eigenvalue weighted by molar-refractivity contribution is -0.138. The quantitative estimate of drug-likeness (QED) is 0.143. The Hall–Kier alpha value is -8.63. The van der Waals surface area contributed by atoms with Gasteiger partial charge in [0.15, 0.2) is 17.5 Å². The zero-order valence-corrected chi connectivity index (χ0v) is 38.2. The Bertz CT molecular complexity index is 3550. The largest absolute Gasteiger partial charge is 0.416 e. The summed E-state index contributed by atoms with van der Waals surface area (Å²) in [6.45, 7) is 4.12. The van der Waals surface area contributed by atoms with Crippen LogP contribution in [0.25, 0.3) is 106 Å². The summed E-state index contributed by atoms with van der Waals surface area (Å²) in [4.78, 5) is 14.9. The molecule has 10 heteroatoms. The van der Waals surface area contributed by atoms with E-state index in [1.54, 1.807) is 0 Å². The maximum atomic E-state index is 14.3. The van der Waals surface area contributed by atoms with Gasteiger partial charge in [-0.05, 0) is 119 Å². The highest BCUT2D eigenvalue weighted by Crippen LogP contribution is 2.46. The fraction of sp³-hybridized carbons (Fsp3) is 0.0656. The summed E-state index contributed by atoms with van der Waals surface area (Å²) in [6, 6.07) is 61.2. The number of nitrogens with zero attached hydrogens (tertiary/aromatic N) is 4. The number of alkyl halides is 6. The van der Waals surface area contributed by atoms with Gasteiger partial charge in [-0.15, -0.1) is 0 Å². The standard InChI is InChI=1S/C61H40F6N4/c1-37-13-9-11-19-48(37)43-25-31-54-52(33-43)53-34-44(49-20-12-10-14-38(49)2)26-32-55(53)71(54)56-50(39-21-27-46(28-22-39)60(62,63)64)35-45(36-51(56)40-23-29-47(30-24-40)61(65,66)67)59-69-57(41-15-5-3-6-16-41)68-58(70-59)42-17-7-4-8-18-42/h3-36H,1-2H3. The minimum atomic E-state index is -4.61. The van der Waals surface area contributed by atoms with E-state index < -0.39 is 23.5 Å². The molecule has 0 aliphatic rings. The molecule has 0 N–H and O–H groups in total. The first kappa shape index (κ1) is 44.9. The van der Waals surface area contributed by atoms with Gasteiger partial charge in [0.2, 0.25) is 0 Å². The normalized spacial score (nSPS) is 11.9. The highest BCUT2D eigenvalue weighted by atomic mass is 19.4. The van der Waals surface area contributed by atoms with Gasteiger partial charge in [-0.25, -0.2) is 15.0 Å². The van der Waals surface area contributed by atoms with Gasteiger partial charge in [-0.3, -0.25) is 0 Å². The summed E-state index contributed by atoms with van der Waals surface area (Å²) in [7, 11) is 0. The molecule has 0 saturated carbocycles. The van der Waals surface area contributed by atoms with E-state index in [-0.39, 0.29) is 5.82 Å². The van der Waals surface area contributed by atoms with Crippen molar-refractivity contribution in [2.24, 2.45) is 0 Å². The Morgan fingerprint density at radius 1 is 0.324 bits per heavy atom. The molecule has 0 spiro atoms. The molecule has 2 heterocycles. The van der Waals surface area contributed by atoms with Gasteiger partial charge in [0, 0.05) is 38.6 Å². The van der Waals surface area contributed by atoms with Crippen LogP contribution in [-0.2, 0) is 12.4 Å². The Kier molecular flexibility index (Phi) is 11.2. The molecule has 0 saturated heterocycles. The molecule has 4 nitrogen and oxygen atoms in total. The Labute approximate surface area is 405 Å². The van der Waals surface area contributed by atoms with Crippen molar-refractivity contribution >= 4 is 21.8 Å². The van der Waals surface area contributed by atoms with Crippen LogP contribution in [0.2, 0.25) is 0 Å². The maximum absolute atomic E-state index is 14.3. The number of rotatable bonds is 8. The first-order valence-electron chi connectivity index (χ1n) is 22.9. The molecule has 11 rings (SSSR count). The predicted molar refractivity (Wildman–Crippen MR) is 272 cm³/mol. The smallest absolute Gasteiger partial charge is 0.308 e. The molecular weight excluding hydrogens is 903 g/mol. The van der Waals surface area contributed by atoms with Gasteiger partial charge >= 0.3 is 12.4 Å². The van der Waals surface area contributed by atoms with Crippen molar-refractivity contribution < 1.29 is 26.3 Å². The molecule has 0 aliphatic heterocycles. The van der Waals surface area contributed by atoms with E-state index in [4.69, 9.17) is 15.0 Å². The summed E-state index contributed by atoms with van der Waals surface area (Å²) >= 11 is 0. The van der Waals surface area contributed by atoms with E-state index in [9.17, 15) is 26.3 Å². The summed E-state index contributed by atoms with van der Waals surface area (Å²) in [5, 5.41) is 1.80. The topological polar surface area (TPSA) is 43.6 Å². The molecule has 9 aromatic carbocycles. The highest BCUT2D eigenvalue weighted by Gasteiger charge is 2.32. The summed E-state index contributed by atoms with van der Waals surface area (Å²) in [5.41, 5.74) is 10.4. The molecule has 71 heavy (non-hydrogen) atoms. The van der Waals surface area contributed by atoms with Gasteiger partial charge in [-0.1, -0.05) is 146 Å². The van der Waals surface area contributed by atoms with Crippen LogP contribution in [0.1, 0.15) is 22.3 Å². The second-order valence-electron chi connectivity index (χ2n) is 17.5. The molecule has 0 aliphatic carbocycles. The number of fused-ring (bicyclic) bond motifs is 3. The third-order valence-electron chi connectivity index (χ3n) is 13.0. The molecule has 0 bridgehead atoms. The Balaban J connectivity index is 1.27. The molecule has 11 aromatic rings. The third-order valence-corrected chi connectivity index (χ3v) is 13.0. The molecule has 0 radical (unpaired) electrons. The van der Waals surface area contributed by atoms with Crippen molar-refractivity contribution in [3.8, 4) is 84.4 Å². The minimum Gasteiger partial charge on any atom is -0.308 e. The zero-order valence-electron chi connectivity index (χ0n) is 38.2. The average molecular weight is 943 g/mol. The van der Waals surface area contributed by atoms with Crippen molar-refractivity contribution in [2.75, 3.05) is 0 Å². The predicted octanol–water partition coefficient (Wildman–Crippen LogP) is 17.3. The van der Waals surface area contributed by atoms with E-state index in [2.05, 4.69) is 54.8 Å². The number of aryl methyl sites for hydroxylation is 2. The molecule has 0 amide bonds. The van der Waals surface area contributed by atoms with E-state index in [0.29, 0.717) is 45.2 Å². The SMILES string of the molecule is Cc1ccccc1-c1ccc2c(c1)c1cc(-c3ccccc3C)ccc1n2-c1c(-c2ccc(C(F)(F)F)cc2)cc(-c2nc(-c3ccccc3)nc(-c3ccccc3)n2)cc1-c1ccc(C(F)(F)F)cc1. The van der Waals surface area contributed by atoms with E-state index in [0.717, 1.165) is 90.6 Å². The van der Waals surface area contributed by atoms with Crippen molar-refractivity contribution in [2.45, 2.75) is 26.2 Å². The van der Waals surface area contributed by atoms with E-state index >= 15 is 0 Å². The first-order valence-corrected chi connectivity index (χ1v) is 22.9. The summed E-state index contributed by atoms with van der Waals surface area (Å²) in [6.07, 6.45) is -9.23. The van der Waals surface area contributed by atoms with Crippen molar-refractivity contribution in [3.05, 3.63) is 229 Å². The molecule has 2 aromatic heterocycles. The Morgan fingerprint density at radius 3 is 1.06 bits per heavy atom. The second kappa shape index (κ2) is 17.7. The van der Waals surface area contributed by atoms with Crippen LogP contribution in [-0.4, -0.2) is 19.5 Å². The number of hydrogen-bond donors (Lipinski definition) is 0. The van der Waals surface area contributed by atoms with Crippen molar-refractivity contribution in [1.82, 2.24) is 19.5 Å². The van der Waals surface area contributed by atoms with Crippen LogP contribution in [0.3, 0.4) is 0 Å². The van der Waals surface area contributed by atoms with E-state index in [1.165, 1.54) is 24.3 Å². The maximum Gasteiger partial charge on any atom is 0.416 e. The van der Waals surface area contributed by atoms with Gasteiger partial charge in [0.1, 0.15) is 0 Å². The van der Waals surface area contributed by atoms with Crippen LogP contribution < -0.4 is 0 Å². The molecule has 0 unspecified atom stereocenters. The lowest BCUT2D eigenvalue weighted by atomic mass is 9.91. The third kappa shape index (κ3) is 8.52. The van der Waals surface area contributed by atoms with E-state index in [1.807, 2.05) is 121 Å². The zero-order chi connectivity index (χ0) is 49.0. The lowest BCUT2D eigenvalue weighted by Crippen LogP contribution is -2.06. The molecular formula is C61H40F6N4. The van der Waals surface area contributed by atoms with Crippen LogP contribution in [0.5, 0.6) is 0 Å². The van der Waals surface area contributed by atoms with Gasteiger partial charge < -0.3 is 4.57 Å². The second-order valence-corrected chi connectivity index (χ2v) is 17.5. The Morgan fingerprint density at radius 2 is 0.676 bits per heavy atom. The first-order chi connectivity index (χ1) is 34.3. The fourth-order valence-corrected chi connectivity index (χ4v) is 9.45. The number of benzene rings is 9. The number of halogens is 6. The van der Waals surface area contributed by atoms with Crippen LogP contribution >= 0.6 is 0 Å². The van der Waals surface area contributed by atoms with Gasteiger partial charge in [0.05, 0.1) is 27.8 Å².